The van der Waals surface area contributed by atoms with E-state index in [0.717, 1.165) is 38.4 Å². The maximum atomic E-state index is 12.9. The first-order chi connectivity index (χ1) is 16.5. The van der Waals surface area contributed by atoms with Crippen LogP contribution in [0.25, 0.3) is 0 Å². The number of nitrogens with zero attached hydrogens (tertiary/aromatic N) is 2. The molecule has 0 unspecified atom stereocenters. The quantitative estimate of drug-likeness (QED) is 0.519. The molecule has 0 aliphatic carbocycles. The molecular formula is C27H31N3O3S. The molecule has 0 bridgehead atoms. The van der Waals surface area contributed by atoms with Crippen molar-refractivity contribution in [2.45, 2.75) is 24.8 Å². The number of piperazine rings is 1. The first-order valence-electron chi connectivity index (χ1n) is 11.7. The van der Waals surface area contributed by atoms with Gasteiger partial charge < -0.3 is 10.2 Å². The van der Waals surface area contributed by atoms with Crippen LogP contribution in [-0.2, 0) is 16.4 Å². The van der Waals surface area contributed by atoms with Gasteiger partial charge in [-0.25, -0.2) is 8.42 Å². The average molecular weight is 478 g/mol. The van der Waals surface area contributed by atoms with E-state index in [0.29, 0.717) is 12.1 Å². The highest BCUT2D eigenvalue weighted by molar-refractivity contribution is 7.91. The molecular weight excluding hydrogens is 446 g/mol. The van der Waals surface area contributed by atoms with E-state index >= 15 is 0 Å². The van der Waals surface area contributed by atoms with Crippen LogP contribution in [0, 0.1) is 0 Å². The average Bonchev–Trinajstić information content (AvgIpc) is 2.86. The third-order valence-corrected chi connectivity index (χ3v) is 8.02. The summed E-state index contributed by atoms with van der Waals surface area (Å²) in [6.07, 6.45) is 0.500. The van der Waals surface area contributed by atoms with Crippen molar-refractivity contribution < 1.29 is 13.2 Å². The Bertz CT molecular complexity index is 1200. The van der Waals surface area contributed by atoms with Crippen LogP contribution in [0.2, 0.25) is 0 Å². The molecule has 1 N–H and O–H groups in total. The number of hydrogen-bond donors (Lipinski definition) is 1. The first-order valence-corrected chi connectivity index (χ1v) is 13.4. The lowest BCUT2D eigenvalue weighted by Crippen LogP contribution is -2.45. The molecule has 1 heterocycles. The van der Waals surface area contributed by atoms with E-state index in [2.05, 4.69) is 39.4 Å². The summed E-state index contributed by atoms with van der Waals surface area (Å²) in [5, 5.41) is 2.85. The molecule has 1 aliphatic rings. The van der Waals surface area contributed by atoms with Gasteiger partial charge in [-0.2, -0.15) is 0 Å². The lowest BCUT2D eigenvalue weighted by Gasteiger charge is -2.36. The first kappa shape index (κ1) is 24.0. The standard InChI is InChI=1S/C27H31N3O3S/c1-2-20-34(32,33)26-11-7-6-10-25(26)27(31)28-23-12-14-24(15-13-23)30-18-16-29(17-19-30)21-22-8-4-3-5-9-22/h3-15H,2,16-21H2,1H3,(H,28,31). The number of rotatable bonds is 8. The van der Waals surface area contributed by atoms with Crippen molar-refractivity contribution >= 4 is 27.1 Å². The zero-order chi connectivity index (χ0) is 24.0. The number of amides is 1. The van der Waals surface area contributed by atoms with E-state index < -0.39 is 15.7 Å². The molecule has 1 aliphatic heterocycles. The Balaban J connectivity index is 1.36. The molecule has 0 aromatic heterocycles. The molecule has 3 aromatic rings. The van der Waals surface area contributed by atoms with Crippen molar-refractivity contribution in [2.24, 2.45) is 0 Å². The van der Waals surface area contributed by atoms with Crippen molar-refractivity contribution in [3.8, 4) is 0 Å². The van der Waals surface area contributed by atoms with E-state index in [-0.39, 0.29) is 16.2 Å². The molecule has 34 heavy (non-hydrogen) atoms. The minimum Gasteiger partial charge on any atom is -0.369 e. The van der Waals surface area contributed by atoms with Crippen LogP contribution in [0.1, 0.15) is 29.3 Å². The number of nitrogens with one attached hydrogen (secondary N) is 1. The number of sulfone groups is 1. The number of benzene rings is 3. The maximum Gasteiger partial charge on any atom is 0.256 e. The molecule has 0 saturated carbocycles. The lowest BCUT2D eigenvalue weighted by molar-refractivity contribution is 0.102. The lowest BCUT2D eigenvalue weighted by atomic mass is 10.1. The van der Waals surface area contributed by atoms with E-state index in [4.69, 9.17) is 0 Å². The van der Waals surface area contributed by atoms with Crippen molar-refractivity contribution in [1.29, 1.82) is 0 Å². The van der Waals surface area contributed by atoms with E-state index in [9.17, 15) is 13.2 Å². The Morgan fingerprint density at radius 3 is 2.18 bits per heavy atom. The maximum absolute atomic E-state index is 12.9. The summed E-state index contributed by atoms with van der Waals surface area (Å²) in [5.74, 6) is -0.400. The largest absolute Gasteiger partial charge is 0.369 e. The molecule has 6 nitrogen and oxygen atoms in total. The fraction of sp³-hybridized carbons (Fsp3) is 0.296. The molecule has 0 spiro atoms. The highest BCUT2D eigenvalue weighted by atomic mass is 32.2. The number of carbonyl (C=O) groups excluding carboxylic acids is 1. The molecule has 178 valence electrons. The zero-order valence-electron chi connectivity index (χ0n) is 19.5. The summed E-state index contributed by atoms with van der Waals surface area (Å²) in [4.78, 5) is 17.8. The molecule has 1 fully saturated rings. The Morgan fingerprint density at radius 2 is 1.50 bits per heavy atom. The summed E-state index contributed by atoms with van der Waals surface area (Å²) in [6.45, 7) is 6.66. The van der Waals surface area contributed by atoms with E-state index in [1.807, 2.05) is 37.3 Å². The molecule has 0 radical (unpaired) electrons. The highest BCUT2D eigenvalue weighted by Gasteiger charge is 2.22. The summed E-state index contributed by atoms with van der Waals surface area (Å²) >= 11 is 0. The third-order valence-electron chi connectivity index (χ3n) is 6.05. The van der Waals surface area contributed by atoms with Crippen molar-refractivity contribution in [3.05, 3.63) is 90.0 Å². The van der Waals surface area contributed by atoms with Gasteiger partial charge in [0.15, 0.2) is 9.84 Å². The SMILES string of the molecule is CCCS(=O)(=O)c1ccccc1C(=O)Nc1ccc(N2CCN(Cc3ccccc3)CC2)cc1. The van der Waals surface area contributed by atoms with Gasteiger partial charge in [0, 0.05) is 44.1 Å². The summed E-state index contributed by atoms with van der Waals surface area (Å²) < 4.78 is 25.1. The van der Waals surface area contributed by atoms with Crippen molar-refractivity contribution in [3.63, 3.8) is 0 Å². The van der Waals surface area contributed by atoms with Crippen LogP contribution < -0.4 is 10.2 Å². The molecule has 1 amide bonds. The predicted molar refractivity (Wildman–Crippen MR) is 137 cm³/mol. The minimum atomic E-state index is -3.50. The van der Waals surface area contributed by atoms with Gasteiger partial charge in [-0.15, -0.1) is 0 Å². The van der Waals surface area contributed by atoms with Gasteiger partial charge in [0.05, 0.1) is 16.2 Å². The van der Waals surface area contributed by atoms with Gasteiger partial charge in [0.25, 0.3) is 5.91 Å². The fourth-order valence-electron chi connectivity index (χ4n) is 4.26. The topological polar surface area (TPSA) is 69.7 Å². The van der Waals surface area contributed by atoms with Gasteiger partial charge in [0.1, 0.15) is 0 Å². The summed E-state index contributed by atoms with van der Waals surface area (Å²) in [5.41, 5.74) is 3.26. The van der Waals surface area contributed by atoms with Crippen LogP contribution >= 0.6 is 0 Å². The van der Waals surface area contributed by atoms with Crippen LogP contribution in [-0.4, -0.2) is 51.2 Å². The van der Waals surface area contributed by atoms with Gasteiger partial charge in [-0.3, -0.25) is 9.69 Å². The second-order valence-corrected chi connectivity index (χ2v) is 10.6. The zero-order valence-corrected chi connectivity index (χ0v) is 20.3. The highest BCUT2D eigenvalue weighted by Crippen LogP contribution is 2.23. The van der Waals surface area contributed by atoms with Crippen molar-refractivity contribution in [1.82, 2.24) is 4.90 Å². The smallest absolute Gasteiger partial charge is 0.256 e. The Morgan fingerprint density at radius 1 is 0.853 bits per heavy atom. The van der Waals surface area contributed by atoms with Gasteiger partial charge in [-0.05, 0) is 48.4 Å². The van der Waals surface area contributed by atoms with Gasteiger partial charge in [0.2, 0.25) is 0 Å². The van der Waals surface area contributed by atoms with Crippen LogP contribution in [0.3, 0.4) is 0 Å². The van der Waals surface area contributed by atoms with Gasteiger partial charge in [-0.1, -0.05) is 49.4 Å². The number of carbonyl (C=O) groups is 1. The molecule has 3 aromatic carbocycles. The second-order valence-electron chi connectivity index (χ2n) is 8.56. The molecule has 7 heteroatoms. The van der Waals surface area contributed by atoms with Gasteiger partial charge >= 0.3 is 0 Å². The number of hydrogen-bond acceptors (Lipinski definition) is 5. The Labute approximate surface area is 202 Å². The fourth-order valence-corrected chi connectivity index (χ4v) is 5.80. The van der Waals surface area contributed by atoms with Crippen LogP contribution in [0.4, 0.5) is 11.4 Å². The van der Waals surface area contributed by atoms with E-state index in [1.54, 1.807) is 18.2 Å². The second kappa shape index (κ2) is 10.8. The van der Waals surface area contributed by atoms with Crippen molar-refractivity contribution in [2.75, 3.05) is 42.1 Å². The van der Waals surface area contributed by atoms with Crippen LogP contribution in [0.5, 0.6) is 0 Å². The number of anilines is 2. The molecule has 4 rings (SSSR count). The third kappa shape index (κ3) is 5.85. The summed E-state index contributed by atoms with van der Waals surface area (Å²) in [7, 11) is -3.50. The summed E-state index contributed by atoms with van der Waals surface area (Å²) in [6, 6.07) is 24.7. The predicted octanol–water partition coefficient (Wildman–Crippen LogP) is 4.44. The minimum absolute atomic E-state index is 0.0185. The van der Waals surface area contributed by atoms with E-state index in [1.165, 1.54) is 11.6 Å². The monoisotopic (exact) mass is 477 g/mol. The molecule has 1 saturated heterocycles. The Hall–Kier alpha value is -3.16. The van der Waals surface area contributed by atoms with Crippen LogP contribution in [0.15, 0.2) is 83.8 Å². The Kier molecular flexibility index (Phi) is 7.65. The normalized spacial score (nSPS) is 14.7. The molecule has 0 atom stereocenters.